The molecule has 0 saturated carbocycles. The Morgan fingerprint density at radius 3 is 2.68 bits per heavy atom. The Bertz CT molecular complexity index is 1010. The highest BCUT2D eigenvalue weighted by Gasteiger charge is 2.14. The maximum Gasteiger partial charge on any atom is 0.272 e. The Morgan fingerprint density at radius 1 is 1.14 bits per heavy atom. The highest BCUT2D eigenvalue weighted by atomic mass is 35.5. The fraction of sp³-hybridized carbons (Fsp3) is 0.190. The highest BCUT2D eigenvalue weighted by molar-refractivity contribution is 6.30. The van der Waals surface area contributed by atoms with E-state index in [1.165, 1.54) is 16.8 Å². The van der Waals surface area contributed by atoms with Crippen molar-refractivity contribution in [3.05, 3.63) is 93.4 Å². The molecule has 28 heavy (non-hydrogen) atoms. The average molecular weight is 398 g/mol. The predicted molar refractivity (Wildman–Crippen MR) is 108 cm³/mol. The molecule has 3 aromatic rings. The SMILES string of the molecule is CC(NC(=O)c1ccc(=O)n(CCOc2ccccc2)n1)c1cccc(Cl)c1. The molecule has 1 N–H and O–H groups in total. The molecular weight excluding hydrogens is 378 g/mol. The van der Waals surface area contributed by atoms with Gasteiger partial charge >= 0.3 is 0 Å². The van der Waals surface area contributed by atoms with Crippen molar-refractivity contribution in [2.24, 2.45) is 0 Å². The van der Waals surface area contributed by atoms with E-state index < -0.39 is 0 Å². The summed E-state index contributed by atoms with van der Waals surface area (Å²) in [5.41, 5.74) is 0.745. The highest BCUT2D eigenvalue weighted by Crippen LogP contribution is 2.17. The lowest BCUT2D eigenvalue weighted by Gasteiger charge is -2.15. The summed E-state index contributed by atoms with van der Waals surface area (Å²) in [7, 11) is 0. The van der Waals surface area contributed by atoms with Gasteiger partial charge in [0.2, 0.25) is 0 Å². The van der Waals surface area contributed by atoms with Gasteiger partial charge in [0.05, 0.1) is 12.6 Å². The summed E-state index contributed by atoms with van der Waals surface area (Å²) < 4.78 is 6.81. The van der Waals surface area contributed by atoms with Crippen LogP contribution in [0.25, 0.3) is 0 Å². The molecule has 0 spiro atoms. The topological polar surface area (TPSA) is 73.2 Å². The molecule has 0 radical (unpaired) electrons. The summed E-state index contributed by atoms with van der Waals surface area (Å²) in [4.78, 5) is 24.5. The van der Waals surface area contributed by atoms with Gasteiger partial charge in [-0.1, -0.05) is 41.9 Å². The second-order valence-corrected chi connectivity index (χ2v) is 6.63. The van der Waals surface area contributed by atoms with E-state index in [1.54, 1.807) is 12.1 Å². The Labute approximate surface area is 167 Å². The van der Waals surface area contributed by atoms with Crippen molar-refractivity contribution in [2.45, 2.75) is 19.5 Å². The van der Waals surface area contributed by atoms with Crippen LogP contribution in [0.2, 0.25) is 5.02 Å². The number of carbonyl (C=O) groups excluding carboxylic acids is 1. The zero-order chi connectivity index (χ0) is 19.9. The third-order valence-electron chi connectivity index (χ3n) is 4.11. The summed E-state index contributed by atoms with van der Waals surface area (Å²) in [6.45, 7) is 2.35. The van der Waals surface area contributed by atoms with Gasteiger partial charge in [-0.2, -0.15) is 5.10 Å². The molecule has 2 aromatic carbocycles. The summed E-state index contributed by atoms with van der Waals surface area (Å²) in [6, 6.07) is 19.0. The number of amides is 1. The van der Waals surface area contributed by atoms with Crippen LogP contribution in [-0.2, 0) is 6.54 Å². The summed E-state index contributed by atoms with van der Waals surface area (Å²) in [6.07, 6.45) is 0. The first-order valence-corrected chi connectivity index (χ1v) is 9.23. The Morgan fingerprint density at radius 2 is 1.93 bits per heavy atom. The van der Waals surface area contributed by atoms with Crippen LogP contribution in [0.15, 0.2) is 71.5 Å². The van der Waals surface area contributed by atoms with Crippen LogP contribution in [0.4, 0.5) is 0 Å². The van der Waals surface area contributed by atoms with E-state index in [4.69, 9.17) is 16.3 Å². The van der Waals surface area contributed by atoms with Gasteiger partial charge in [0.1, 0.15) is 18.1 Å². The molecule has 0 saturated heterocycles. The monoisotopic (exact) mass is 397 g/mol. The van der Waals surface area contributed by atoms with Gasteiger partial charge in [-0.25, -0.2) is 4.68 Å². The van der Waals surface area contributed by atoms with Crippen LogP contribution in [-0.4, -0.2) is 22.3 Å². The smallest absolute Gasteiger partial charge is 0.272 e. The number of benzene rings is 2. The van der Waals surface area contributed by atoms with Crippen LogP contribution >= 0.6 is 11.6 Å². The van der Waals surface area contributed by atoms with Gasteiger partial charge in [-0.15, -0.1) is 0 Å². The number of rotatable bonds is 7. The van der Waals surface area contributed by atoms with Gasteiger partial charge < -0.3 is 10.1 Å². The number of nitrogens with zero attached hydrogens (tertiary/aromatic N) is 2. The minimum atomic E-state index is -0.370. The van der Waals surface area contributed by atoms with Crippen molar-refractivity contribution in [3.8, 4) is 5.75 Å². The molecule has 144 valence electrons. The molecule has 1 amide bonds. The van der Waals surface area contributed by atoms with Gasteiger partial charge in [0.25, 0.3) is 11.5 Å². The first-order valence-electron chi connectivity index (χ1n) is 8.85. The van der Waals surface area contributed by atoms with Gasteiger partial charge in [0, 0.05) is 11.1 Å². The fourth-order valence-corrected chi connectivity index (χ4v) is 2.83. The Hall–Kier alpha value is -3.12. The predicted octanol–water partition coefficient (Wildman–Crippen LogP) is 3.47. The van der Waals surface area contributed by atoms with E-state index in [2.05, 4.69) is 10.4 Å². The van der Waals surface area contributed by atoms with E-state index in [9.17, 15) is 9.59 Å². The Balaban J connectivity index is 1.64. The summed E-state index contributed by atoms with van der Waals surface area (Å²) >= 11 is 6.00. The van der Waals surface area contributed by atoms with Gasteiger partial charge in [-0.05, 0) is 42.8 Å². The van der Waals surface area contributed by atoms with E-state index in [1.807, 2.05) is 49.4 Å². The van der Waals surface area contributed by atoms with Gasteiger partial charge in [0.15, 0.2) is 0 Å². The lowest BCUT2D eigenvalue weighted by Crippen LogP contribution is -2.32. The second kappa shape index (κ2) is 9.19. The zero-order valence-corrected chi connectivity index (χ0v) is 16.1. The number of hydrogen-bond donors (Lipinski definition) is 1. The normalized spacial score (nSPS) is 11.6. The first kappa shape index (κ1) is 19.6. The van der Waals surface area contributed by atoms with Crippen molar-refractivity contribution in [2.75, 3.05) is 6.61 Å². The molecule has 1 heterocycles. The standard InChI is InChI=1S/C21H20ClN3O3/c1-15(16-6-5-7-17(22)14-16)23-21(27)19-10-11-20(26)25(24-19)12-13-28-18-8-3-2-4-9-18/h2-11,14-15H,12-13H2,1H3,(H,23,27). The van der Waals surface area contributed by atoms with Crippen LogP contribution in [0.3, 0.4) is 0 Å². The lowest BCUT2D eigenvalue weighted by atomic mass is 10.1. The molecule has 0 bridgehead atoms. The van der Waals surface area contributed by atoms with E-state index >= 15 is 0 Å². The van der Waals surface area contributed by atoms with E-state index in [0.29, 0.717) is 10.8 Å². The number of nitrogens with one attached hydrogen (secondary N) is 1. The first-order chi connectivity index (χ1) is 13.5. The number of halogens is 1. The lowest BCUT2D eigenvalue weighted by molar-refractivity contribution is 0.0931. The minimum absolute atomic E-state index is 0.160. The van der Waals surface area contributed by atoms with Crippen LogP contribution < -0.4 is 15.6 Å². The summed E-state index contributed by atoms with van der Waals surface area (Å²) in [5, 5.41) is 7.62. The van der Waals surface area contributed by atoms with Crippen LogP contribution in [0.5, 0.6) is 5.75 Å². The molecule has 6 nitrogen and oxygen atoms in total. The fourth-order valence-electron chi connectivity index (χ4n) is 2.63. The number of para-hydroxylation sites is 1. The third kappa shape index (κ3) is 5.20. The zero-order valence-electron chi connectivity index (χ0n) is 15.3. The van der Waals surface area contributed by atoms with Crippen molar-refractivity contribution in [1.82, 2.24) is 15.1 Å². The molecule has 0 aliphatic rings. The average Bonchev–Trinajstić information content (AvgIpc) is 2.70. The van der Waals surface area contributed by atoms with Crippen molar-refractivity contribution < 1.29 is 9.53 Å². The number of hydrogen-bond acceptors (Lipinski definition) is 4. The van der Waals surface area contributed by atoms with E-state index in [-0.39, 0.29) is 36.4 Å². The molecule has 0 aliphatic carbocycles. The number of ether oxygens (including phenoxy) is 1. The molecular formula is C21H20ClN3O3. The molecule has 1 atom stereocenters. The molecule has 0 fully saturated rings. The summed E-state index contributed by atoms with van der Waals surface area (Å²) in [5.74, 6) is 0.338. The number of carbonyl (C=O) groups is 1. The molecule has 1 aromatic heterocycles. The molecule has 3 rings (SSSR count). The van der Waals surface area contributed by atoms with Gasteiger partial charge in [-0.3, -0.25) is 9.59 Å². The van der Waals surface area contributed by atoms with Crippen LogP contribution in [0.1, 0.15) is 29.0 Å². The maximum absolute atomic E-state index is 12.5. The van der Waals surface area contributed by atoms with Crippen molar-refractivity contribution in [3.63, 3.8) is 0 Å². The van der Waals surface area contributed by atoms with Crippen molar-refractivity contribution >= 4 is 17.5 Å². The van der Waals surface area contributed by atoms with Crippen LogP contribution in [0, 0.1) is 0 Å². The maximum atomic E-state index is 12.5. The largest absolute Gasteiger partial charge is 0.492 e. The minimum Gasteiger partial charge on any atom is -0.492 e. The molecule has 0 aliphatic heterocycles. The second-order valence-electron chi connectivity index (χ2n) is 6.19. The molecule has 1 unspecified atom stereocenters. The van der Waals surface area contributed by atoms with Crippen molar-refractivity contribution in [1.29, 1.82) is 0 Å². The molecule has 7 heteroatoms. The quantitative estimate of drug-likeness (QED) is 0.662. The van der Waals surface area contributed by atoms with E-state index in [0.717, 1.165) is 5.56 Å². The Kier molecular flexibility index (Phi) is 6.45. The number of aromatic nitrogens is 2. The third-order valence-corrected chi connectivity index (χ3v) is 4.35.